The van der Waals surface area contributed by atoms with Crippen LogP contribution in [0, 0.1) is 20.2 Å². The number of methoxy groups -OCH3 is 1. The van der Waals surface area contributed by atoms with E-state index >= 15 is 0 Å². The lowest BCUT2D eigenvalue weighted by atomic mass is 9.95. The number of amides is 3. The number of carbonyl (C=O) groups excluding carboxylic acids is 3. The lowest BCUT2D eigenvalue weighted by molar-refractivity contribution is -0.394. The number of ether oxygens (including phenoxy) is 4. The van der Waals surface area contributed by atoms with Gasteiger partial charge in [-0.25, -0.2) is 15.0 Å². The van der Waals surface area contributed by atoms with Gasteiger partial charge in [0.1, 0.15) is 5.75 Å². The van der Waals surface area contributed by atoms with E-state index in [4.69, 9.17) is 18.9 Å². The molecule has 3 aromatic rings. The predicted octanol–water partition coefficient (Wildman–Crippen LogP) is 4.02. The molecule has 47 heavy (non-hydrogen) atoms. The van der Waals surface area contributed by atoms with Gasteiger partial charge in [0.25, 0.3) is 11.6 Å². The Balaban J connectivity index is 1.38. The Labute approximate surface area is 266 Å². The first-order valence-electron chi connectivity index (χ1n) is 13.8. The molecule has 3 N–H and O–H groups in total. The lowest BCUT2D eigenvalue weighted by Crippen LogP contribution is -2.45. The topological polar surface area (TPSA) is 223 Å². The molecule has 0 spiro atoms. The van der Waals surface area contributed by atoms with E-state index in [1.54, 1.807) is 38.1 Å². The van der Waals surface area contributed by atoms with E-state index in [1.807, 2.05) is 0 Å². The van der Waals surface area contributed by atoms with Gasteiger partial charge in [0.2, 0.25) is 5.75 Å². The number of rotatable bonds is 13. The van der Waals surface area contributed by atoms with E-state index in [-0.39, 0.29) is 35.2 Å². The first kappa shape index (κ1) is 33.4. The van der Waals surface area contributed by atoms with Crippen LogP contribution in [0.3, 0.4) is 0 Å². The average Bonchev–Trinajstić information content (AvgIpc) is 3.03. The number of nitrogens with one attached hydrogen (secondary N) is 3. The minimum atomic E-state index is -0.823. The number of nitro groups is 2. The molecule has 0 bridgehead atoms. The van der Waals surface area contributed by atoms with Crippen LogP contribution in [-0.4, -0.2) is 54.3 Å². The number of non-ortho nitro benzene ring substituents is 1. The Morgan fingerprint density at radius 2 is 1.79 bits per heavy atom. The fraction of sp³-hybridized carbons (Fsp3) is 0.200. The van der Waals surface area contributed by atoms with Crippen molar-refractivity contribution in [3.8, 4) is 23.0 Å². The van der Waals surface area contributed by atoms with Crippen molar-refractivity contribution in [1.82, 2.24) is 16.1 Å². The second-order valence-corrected chi connectivity index (χ2v) is 9.62. The second-order valence-electron chi connectivity index (χ2n) is 9.62. The largest absolute Gasteiger partial charge is 0.493 e. The maximum Gasteiger partial charge on any atom is 0.338 e. The highest BCUT2D eigenvalue weighted by Gasteiger charge is 2.32. The van der Waals surface area contributed by atoms with E-state index in [0.717, 1.165) is 18.2 Å². The van der Waals surface area contributed by atoms with Crippen LogP contribution in [0.4, 0.5) is 16.2 Å². The van der Waals surface area contributed by atoms with Crippen molar-refractivity contribution in [2.24, 2.45) is 5.10 Å². The van der Waals surface area contributed by atoms with Crippen molar-refractivity contribution >= 4 is 35.5 Å². The Morgan fingerprint density at radius 1 is 1.02 bits per heavy atom. The molecule has 1 aliphatic heterocycles. The van der Waals surface area contributed by atoms with Gasteiger partial charge in [0.05, 0.1) is 47.5 Å². The van der Waals surface area contributed by atoms with Gasteiger partial charge in [0.15, 0.2) is 18.1 Å². The summed E-state index contributed by atoms with van der Waals surface area (Å²) in [6, 6.07) is 12.6. The maximum atomic E-state index is 12.6. The van der Waals surface area contributed by atoms with Gasteiger partial charge in [0, 0.05) is 11.8 Å². The first-order chi connectivity index (χ1) is 22.5. The number of carbonyl (C=O) groups is 3. The molecule has 0 aromatic heterocycles. The summed E-state index contributed by atoms with van der Waals surface area (Å²) in [6.45, 7) is 2.96. The average molecular weight is 649 g/mol. The van der Waals surface area contributed by atoms with Crippen LogP contribution in [0.5, 0.6) is 23.0 Å². The molecule has 0 aliphatic carbocycles. The number of allylic oxidation sites excluding steroid dienone is 1. The van der Waals surface area contributed by atoms with Gasteiger partial charge < -0.3 is 29.6 Å². The molecule has 1 aliphatic rings. The molecule has 3 amide bonds. The van der Waals surface area contributed by atoms with Crippen molar-refractivity contribution in [2.75, 3.05) is 20.3 Å². The zero-order valence-electron chi connectivity index (χ0n) is 25.2. The summed E-state index contributed by atoms with van der Waals surface area (Å²) in [5.74, 6) is -0.783. The molecule has 0 unspecified atom stereocenters. The number of nitrogens with zero attached hydrogens (tertiary/aromatic N) is 3. The maximum absolute atomic E-state index is 12.6. The van der Waals surface area contributed by atoms with E-state index in [0.29, 0.717) is 16.8 Å². The van der Waals surface area contributed by atoms with E-state index in [1.165, 1.54) is 31.5 Å². The molecule has 0 fully saturated rings. The third-order valence-corrected chi connectivity index (χ3v) is 6.48. The molecule has 3 aromatic carbocycles. The van der Waals surface area contributed by atoms with Crippen LogP contribution >= 0.6 is 0 Å². The fourth-order valence-electron chi connectivity index (χ4n) is 4.39. The number of hydrazone groups is 1. The van der Waals surface area contributed by atoms with E-state index < -0.39 is 51.8 Å². The number of benzene rings is 3. The molecule has 1 heterocycles. The lowest BCUT2D eigenvalue weighted by Gasteiger charge is -2.28. The number of hydrogen-bond donors (Lipinski definition) is 3. The summed E-state index contributed by atoms with van der Waals surface area (Å²) in [4.78, 5) is 58.0. The third-order valence-electron chi connectivity index (χ3n) is 6.48. The molecule has 0 saturated carbocycles. The van der Waals surface area contributed by atoms with Gasteiger partial charge >= 0.3 is 17.7 Å². The molecule has 244 valence electrons. The summed E-state index contributed by atoms with van der Waals surface area (Å²) in [5, 5.41) is 31.5. The summed E-state index contributed by atoms with van der Waals surface area (Å²) < 4.78 is 21.7. The van der Waals surface area contributed by atoms with Gasteiger partial charge in [-0.1, -0.05) is 18.2 Å². The molecule has 1 atom stereocenters. The molecule has 17 heteroatoms. The zero-order valence-corrected chi connectivity index (χ0v) is 25.2. The Kier molecular flexibility index (Phi) is 10.6. The van der Waals surface area contributed by atoms with Crippen LogP contribution in [0.1, 0.15) is 31.0 Å². The molecule has 0 radical (unpaired) electrons. The molecular weight excluding hydrogens is 620 g/mol. The van der Waals surface area contributed by atoms with Crippen LogP contribution in [0.2, 0.25) is 0 Å². The minimum Gasteiger partial charge on any atom is -0.493 e. The Hall–Kier alpha value is -6.52. The SMILES string of the molecule is CCOC(=O)C1=C(C)NC(=O)N[C@@H]1c1ccc(OCC(=O)N/N=C/c2cccc(Oc3ccc([N+](=O)[O-])cc3[N+](=O)[O-])c2)c(OC)c1. The monoisotopic (exact) mass is 648 g/mol. The van der Waals surface area contributed by atoms with E-state index in [2.05, 4.69) is 21.2 Å². The minimum absolute atomic E-state index is 0.149. The normalized spacial score (nSPS) is 14.1. The third kappa shape index (κ3) is 8.35. The highest BCUT2D eigenvalue weighted by Crippen LogP contribution is 2.36. The summed E-state index contributed by atoms with van der Waals surface area (Å²) in [6.07, 6.45) is 1.30. The number of urea groups is 1. The van der Waals surface area contributed by atoms with Crippen molar-refractivity contribution < 1.29 is 43.2 Å². The van der Waals surface area contributed by atoms with Gasteiger partial charge in [-0.3, -0.25) is 25.0 Å². The fourth-order valence-corrected chi connectivity index (χ4v) is 4.39. The quantitative estimate of drug-likeness (QED) is 0.104. The number of hydrogen-bond acceptors (Lipinski definition) is 12. The van der Waals surface area contributed by atoms with Crippen molar-refractivity contribution in [3.63, 3.8) is 0 Å². The number of nitro benzene ring substituents is 2. The molecule has 17 nitrogen and oxygen atoms in total. The van der Waals surface area contributed by atoms with Crippen molar-refractivity contribution in [2.45, 2.75) is 19.9 Å². The molecule has 4 rings (SSSR count). The summed E-state index contributed by atoms with van der Waals surface area (Å²) >= 11 is 0. The zero-order chi connectivity index (χ0) is 34.1. The highest BCUT2D eigenvalue weighted by molar-refractivity contribution is 5.95. The van der Waals surface area contributed by atoms with E-state index in [9.17, 15) is 34.6 Å². The summed E-state index contributed by atoms with van der Waals surface area (Å²) in [7, 11) is 1.39. The van der Waals surface area contributed by atoms with Crippen LogP contribution < -0.4 is 30.3 Å². The van der Waals surface area contributed by atoms with Gasteiger partial charge in [-0.05, 0) is 55.3 Å². The number of esters is 1. The molecular formula is C30H28N6O11. The molecule has 0 saturated heterocycles. The Bertz CT molecular complexity index is 1790. The Morgan fingerprint density at radius 3 is 2.49 bits per heavy atom. The van der Waals surface area contributed by atoms with Crippen molar-refractivity contribution in [1.29, 1.82) is 0 Å². The van der Waals surface area contributed by atoms with Crippen molar-refractivity contribution in [3.05, 3.63) is 103 Å². The van der Waals surface area contributed by atoms with Crippen LogP contribution in [-0.2, 0) is 14.3 Å². The smallest absolute Gasteiger partial charge is 0.338 e. The van der Waals surface area contributed by atoms with Crippen LogP contribution in [0.25, 0.3) is 0 Å². The summed E-state index contributed by atoms with van der Waals surface area (Å²) in [5.41, 5.74) is 2.82. The van der Waals surface area contributed by atoms with Gasteiger partial charge in [-0.2, -0.15) is 5.10 Å². The van der Waals surface area contributed by atoms with Crippen LogP contribution in [0.15, 0.2) is 77.0 Å². The standard InChI is InChI=1S/C30H28N6O11/c1-4-45-29(38)27-17(2)32-30(39)33-28(27)19-8-10-24(25(13-19)44-3)46-16-26(37)34-31-15-18-6-5-7-21(12-18)47-23-11-9-20(35(40)41)14-22(23)36(42)43/h5-15,28H,4,16H2,1-3H3,(H,34,37)(H2,32,33,39)/b31-15+/t28-/m1/s1. The van der Waals surface area contributed by atoms with Gasteiger partial charge in [-0.15, -0.1) is 0 Å². The first-order valence-corrected chi connectivity index (χ1v) is 13.8. The second kappa shape index (κ2) is 15.0. The predicted molar refractivity (Wildman–Crippen MR) is 164 cm³/mol. The highest BCUT2D eigenvalue weighted by atomic mass is 16.6.